The fourth-order valence-electron chi connectivity index (χ4n) is 2.06. The number of benzene rings is 1. The Morgan fingerprint density at radius 3 is 2.57 bits per heavy atom. The number of hydrogen-bond donors (Lipinski definition) is 1. The summed E-state index contributed by atoms with van der Waals surface area (Å²) in [7, 11) is 2.01. The summed E-state index contributed by atoms with van der Waals surface area (Å²) in [6.07, 6.45) is 1.69. The molecule has 2 aromatic rings. The summed E-state index contributed by atoms with van der Waals surface area (Å²) in [4.78, 5) is 2.09. The van der Waals surface area contributed by atoms with E-state index in [0.717, 1.165) is 23.0 Å². The van der Waals surface area contributed by atoms with Crippen molar-refractivity contribution in [1.29, 1.82) is 0 Å². The van der Waals surface area contributed by atoms with E-state index in [-0.39, 0.29) is 5.54 Å². The fourth-order valence-corrected chi connectivity index (χ4v) is 2.41. The van der Waals surface area contributed by atoms with Gasteiger partial charge in [-0.1, -0.05) is 17.7 Å². The minimum atomic E-state index is 0.0984. The summed E-state index contributed by atoms with van der Waals surface area (Å²) in [6, 6.07) is 10.1. The van der Waals surface area contributed by atoms with Gasteiger partial charge in [-0.05, 0) is 50.6 Å². The Morgan fingerprint density at radius 2 is 2.00 bits per heavy atom. The maximum atomic E-state index is 6.41. The SMILES string of the molecule is CN(Cc1ccco1)c1ccc(CNC(C)(C)C)cc1Cl. The van der Waals surface area contributed by atoms with Gasteiger partial charge in [0.2, 0.25) is 0 Å². The molecule has 0 radical (unpaired) electrons. The molecule has 0 bridgehead atoms. The quantitative estimate of drug-likeness (QED) is 0.884. The Morgan fingerprint density at radius 1 is 1.24 bits per heavy atom. The van der Waals surface area contributed by atoms with E-state index in [2.05, 4.69) is 43.1 Å². The van der Waals surface area contributed by atoms with E-state index in [9.17, 15) is 0 Å². The maximum absolute atomic E-state index is 6.41. The van der Waals surface area contributed by atoms with Crippen molar-refractivity contribution in [3.63, 3.8) is 0 Å². The molecule has 4 heteroatoms. The Labute approximate surface area is 131 Å². The van der Waals surface area contributed by atoms with Gasteiger partial charge in [-0.25, -0.2) is 0 Å². The second kappa shape index (κ2) is 6.54. The van der Waals surface area contributed by atoms with Crippen molar-refractivity contribution >= 4 is 17.3 Å². The molecule has 0 saturated carbocycles. The highest BCUT2D eigenvalue weighted by Crippen LogP contribution is 2.27. The number of halogens is 1. The zero-order chi connectivity index (χ0) is 15.5. The highest BCUT2D eigenvalue weighted by atomic mass is 35.5. The summed E-state index contributed by atoms with van der Waals surface area (Å²) < 4.78 is 5.37. The van der Waals surface area contributed by atoms with Crippen LogP contribution in [0.25, 0.3) is 0 Å². The molecule has 0 aliphatic rings. The van der Waals surface area contributed by atoms with Crippen molar-refractivity contribution in [3.8, 4) is 0 Å². The number of furan rings is 1. The largest absolute Gasteiger partial charge is 0.467 e. The average molecular weight is 307 g/mol. The third kappa shape index (κ3) is 4.80. The first kappa shape index (κ1) is 15.9. The Kier molecular flexibility index (Phi) is 4.96. The van der Waals surface area contributed by atoms with Crippen LogP contribution in [0.15, 0.2) is 41.0 Å². The van der Waals surface area contributed by atoms with Crippen LogP contribution in [0.4, 0.5) is 5.69 Å². The van der Waals surface area contributed by atoms with Gasteiger partial charge < -0.3 is 14.6 Å². The van der Waals surface area contributed by atoms with Crippen LogP contribution in [-0.2, 0) is 13.1 Å². The van der Waals surface area contributed by atoms with Gasteiger partial charge >= 0.3 is 0 Å². The van der Waals surface area contributed by atoms with Gasteiger partial charge in [-0.3, -0.25) is 0 Å². The lowest BCUT2D eigenvalue weighted by molar-refractivity contribution is 0.424. The zero-order valence-electron chi connectivity index (χ0n) is 13.1. The van der Waals surface area contributed by atoms with Gasteiger partial charge in [-0.2, -0.15) is 0 Å². The number of hydrogen-bond acceptors (Lipinski definition) is 3. The summed E-state index contributed by atoms with van der Waals surface area (Å²) in [5, 5.41) is 4.22. The minimum Gasteiger partial charge on any atom is -0.467 e. The van der Waals surface area contributed by atoms with Gasteiger partial charge in [-0.15, -0.1) is 0 Å². The van der Waals surface area contributed by atoms with E-state index >= 15 is 0 Å². The number of nitrogens with one attached hydrogen (secondary N) is 1. The second-order valence-corrected chi connectivity index (χ2v) is 6.73. The Bertz CT molecular complexity index is 573. The summed E-state index contributed by atoms with van der Waals surface area (Å²) in [5.74, 6) is 0.923. The molecule has 0 amide bonds. The van der Waals surface area contributed by atoms with Crippen molar-refractivity contribution in [1.82, 2.24) is 5.32 Å². The number of nitrogens with zero attached hydrogens (tertiary/aromatic N) is 1. The molecule has 1 heterocycles. The Hall–Kier alpha value is -1.45. The Balaban J connectivity index is 2.04. The summed E-state index contributed by atoms with van der Waals surface area (Å²) in [5.41, 5.74) is 2.29. The van der Waals surface area contributed by atoms with Crippen molar-refractivity contribution in [2.75, 3.05) is 11.9 Å². The molecular formula is C17H23ClN2O. The highest BCUT2D eigenvalue weighted by Gasteiger charge is 2.11. The van der Waals surface area contributed by atoms with Gasteiger partial charge in [0.05, 0.1) is 23.5 Å². The first-order chi connectivity index (χ1) is 9.85. The third-order valence-corrected chi connectivity index (χ3v) is 3.52. The van der Waals surface area contributed by atoms with Gasteiger partial charge in [0.1, 0.15) is 5.76 Å². The molecule has 0 fully saturated rings. The molecule has 0 aliphatic heterocycles. The lowest BCUT2D eigenvalue weighted by atomic mass is 10.1. The molecular weight excluding hydrogens is 284 g/mol. The summed E-state index contributed by atoms with van der Waals surface area (Å²) in [6.45, 7) is 7.97. The first-order valence-electron chi connectivity index (χ1n) is 7.12. The van der Waals surface area contributed by atoms with E-state index in [1.807, 2.05) is 25.2 Å². The van der Waals surface area contributed by atoms with Crippen molar-refractivity contribution in [3.05, 3.63) is 52.9 Å². The predicted molar refractivity (Wildman–Crippen MR) is 88.9 cm³/mol. The molecule has 0 spiro atoms. The first-order valence-corrected chi connectivity index (χ1v) is 7.50. The topological polar surface area (TPSA) is 28.4 Å². The van der Waals surface area contributed by atoms with Gasteiger partial charge in [0.15, 0.2) is 0 Å². The molecule has 114 valence electrons. The summed E-state index contributed by atoms with van der Waals surface area (Å²) >= 11 is 6.41. The molecule has 3 nitrogen and oxygen atoms in total. The maximum Gasteiger partial charge on any atom is 0.123 e. The molecule has 1 N–H and O–H groups in total. The monoisotopic (exact) mass is 306 g/mol. The van der Waals surface area contributed by atoms with E-state index in [0.29, 0.717) is 6.54 Å². The van der Waals surface area contributed by atoms with Crippen LogP contribution in [0.5, 0.6) is 0 Å². The molecule has 21 heavy (non-hydrogen) atoms. The molecule has 1 aromatic carbocycles. The lowest BCUT2D eigenvalue weighted by Crippen LogP contribution is -2.35. The van der Waals surface area contributed by atoms with E-state index in [1.54, 1.807) is 6.26 Å². The van der Waals surface area contributed by atoms with Crippen LogP contribution in [0.3, 0.4) is 0 Å². The molecule has 0 saturated heterocycles. The van der Waals surface area contributed by atoms with Gasteiger partial charge in [0.25, 0.3) is 0 Å². The number of rotatable bonds is 5. The fraction of sp³-hybridized carbons (Fsp3) is 0.412. The highest BCUT2D eigenvalue weighted by molar-refractivity contribution is 6.33. The lowest BCUT2D eigenvalue weighted by Gasteiger charge is -2.22. The van der Waals surface area contributed by atoms with Crippen LogP contribution in [0, 0.1) is 0 Å². The van der Waals surface area contributed by atoms with Crippen LogP contribution < -0.4 is 10.2 Å². The zero-order valence-corrected chi connectivity index (χ0v) is 13.9. The van der Waals surface area contributed by atoms with Crippen LogP contribution in [-0.4, -0.2) is 12.6 Å². The van der Waals surface area contributed by atoms with Crippen molar-refractivity contribution in [2.24, 2.45) is 0 Å². The van der Waals surface area contributed by atoms with Crippen LogP contribution in [0.2, 0.25) is 5.02 Å². The molecule has 0 aliphatic carbocycles. The van der Waals surface area contributed by atoms with Crippen molar-refractivity contribution in [2.45, 2.75) is 39.4 Å². The predicted octanol–water partition coefficient (Wildman–Crippen LogP) is 4.46. The number of anilines is 1. The molecule has 0 unspecified atom stereocenters. The van der Waals surface area contributed by atoms with Crippen LogP contribution >= 0.6 is 11.6 Å². The van der Waals surface area contributed by atoms with Crippen LogP contribution in [0.1, 0.15) is 32.1 Å². The normalized spacial score (nSPS) is 11.7. The average Bonchev–Trinajstić information content (AvgIpc) is 2.88. The van der Waals surface area contributed by atoms with E-state index in [4.69, 9.17) is 16.0 Å². The van der Waals surface area contributed by atoms with Crippen molar-refractivity contribution < 1.29 is 4.42 Å². The smallest absolute Gasteiger partial charge is 0.123 e. The molecule has 2 rings (SSSR count). The molecule has 1 aromatic heterocycles. The standard InChI is InChI=1S/C17H23ClN2O/c1-17(2,3)19-11-13-7-8-16(15(18)10-13)20(4)12-14-6-5-9-21-14/h5-10,19H,11-12H2,1-4H3. The third-order valence-electron chi connectivity index (χ3n) is 3.22. The second-order valence-electron chi connectivity index (χ2n) is 6.32. The molecule has 0 atom stereocenters. The minimum absolute atomic E-state index is 0.0984. The van der Waals surface area contributed by atoms with E-state index < -0.39 is 0 Å². The van der Waals surface area contributed by atoms with Gasteiger partial charge in [0, 0.05) is 19.1 Å². The van der Waals surface area contributed by atoms with E-state index in [1.165, 1.54) is 5.56 Å².